The Morgan fingerprint density at radius 3 is 2.11 bits per heavy atom. The number of quaternary nitrogens is 2. The standard InChI is InChI=1S/C30H27N5O/c31-17-20-6-10-23(11-7-20)29-25(22-4-2-1-3-5-22)16-26-27(35-29)14-15-33-28(26)19-34-30(36)24-12-8-21(18-32)9-13-24/h1-16H,17-19,31-32H2,(H,34,36)/p+2. The number of pyridine rings is 2. The van der Waals surface area contributed by atoms with Crippen molar-refractivity contribution in [3.63, 3.8) is 0 Å². The number of carbonyl (C=O) groups is 1. The Morgan fingerprint density at radius 2 is 1.44 bits per heavy atom. The van der Waals surface area contributed by atoms with E-state index in [2.05, 4.69) is 64.2 Å². The predicted octanol–water partition coefficient (Wildman–Crippen LogP) is 3.38. The molecule has 5 rings (SSSR count). The van der Waals surface area contributed by atoms with Crippen molar-refractivity contribution in [2.75, 3.05) is 0 Å². The van der Waals surface area contributed by atoms with Gasteiger partial charge in [0.2, 0.25) is 0 Å². The lowest BCUT2D eigenvalue weighted by molar-refractivity contribution is -0.386. The summed E-state index contributed by atoms with van der Waals surface area (Å²) in [5.74, 6) is -0.136. The summed E-state index contributed by atoms with van der Waals surface area (Å²) in [4.78, 5) is 22.4. The van der Waals surface area contributed by atoms with Gasteiger partial charge >= 0.3 is 0 Å². The third-order valence-electron chi connectivity index (χ3n) is 6.35. The molecule has 7 N–H and O–H groups in total. The number of nitrogens with zero attached hydrogens (tertiary/aromatic N) is 2. The average Bonchev–Trinajstić information content (AvgIpc) is 2.95. The zero-order valence-corrected chi connectivity index (χ0v) is 20.1. The van der Waals surface area contributed by atoms with E-state index in [-0.39, 0.29) is 5.91 Å². The molecule has 1 amide bonds. The van der Waals surface area contributed by atoms with Crippen LogP contribution in [-0.2, 0) is 19.6 Å². The first-order valence-corrected chi connectivity index (χ1v) is 12.1. The van der Waals surface area contributed by atoms with Gasteiger partial charge in [0.25, 0.3) is 5.91 Å². The Bertz CT molecular complexity index is 1500. The molecule has 2 aromatic heterocycles. The molecule has 0 atom stereocenters. The minimum Gasteiger partial charge on any atom is -0.354 e. The molecule has 0 saturated carbocycles. The molecule has 5 aromatic rings. The van der Waals surface area contributed by atoms with E-state index in [4.69, 9.17) is 4.98 Å². The second-order valence-electron chi connectivity index (χ2n) is 8.65. The van der Waals surface area contributed by atoms with Gasteiger partial charge in [0.1, 0.15) is 0 Å². The Kier molecular flexibility index (Phi) is 6.80. The monoisotopic (exact) mass is 475 g/mol. The molecule has 0 aliphatic rings. The highest BCUT2D eigenvalue weighted by Gasteiger charge is 2.15. The summed E-state index contributed by atoms with van der Waals surface area (Å²) in [7, 11) is 0. The maximum Gasteiger partial charge on any atom is 0.251 e. The first-order valence-electron chi connectivity index (χ1n) is 12.1. The second-order valence-corrected chi connectivity index (χ2v) is 8.65. The smallest absolute Gasteiger partial charge is 0.251 e. The maximum absolute atomic E-state index is 12.8. The lowest BCUT2D eigenvalue weighted by Crippen LogP contribution is -2.47. The minimum absolute atomic E-state index is 0.136. The van der Waals surface area contributed by atoms with Crippen molar-refractivity contribution in [2.45, 2.75) is 19.6 Å². The minimum atomic E-state index is -0.136. The van der Waals surface area contributed by atoms with Crippen molar-refractivity contribution in [2.24, 2.45) is 0 Å². The van der Waals surface area contributed by atoms with E-state index < -0.39 is 0 Å². The van der Waals surface area contributed by atoms with E-state index in [0.29, 0.717) is 18.7 Å². The van der Waals surface area contributed by atoms with Gasteiger partial charge in [-0.2, -0.15) is 0 Å². The second kappa shape index (κ2) is 10.5. The van der Waals surface area contributed by atoms with E-state index >= 15 is 0 Å². The lowest BCUT2D eigenvalue weighted by Gasteiger charge is -2.14. The number of nitrogens with one attached hydrogen (secondary N) is 1. The SMILES string of the molecule is [NH3+]Cc1ccc(C(=O)NCc2nccc3nc(-c4ccc(C[NH3+])cc4)c(-c4ccccc4)cc23)cc1. The van der Waals surface area contributed by atoms with Gasteiger partial charge in [-0.25, -0.2) is 4.98 Å². The van der Waals surface area contributed by atoms with Gasteiger partial charge in [-0.3, -0.25) is 9.78 Å². The molecule has 0 spiro atoms. The van der Waals surface area contributed by atoms with Crippen molar-refractivity contribution < 1.29 is 16.3 Å². The van der Waals surface area contributed by atoms with Gasteiger partial charge in [-0.15, -0.1) is 0 Å². The van der Waals surface area contributed by atoms with Gasteiger partial charge in [0.15, 0.2) is 0 Å². The Balaban J connectivity index is 1.53. The Labute approximate surface area is 210 Å². The van der Waals surface area contributed by atoms with Crippen LogP contribution in [0.5, 0.6) is 0 Å². The van der Waals surface area contributed by atoms with Gasteiger partial charge in [0, 0.05) is 39.4 Å². The van der Waals surface area contributed by atoms with E-state index in [1.54, 1.807) is 6.20 Å². The summed E-state index contributed by atoms with van der Waals surface area (Å²) in [5.41, 5.74) is 16.4. The average molecular weight is 476 g/mol. The molecule has 0 aliphatic heterocycles. The number of aromatic nitrogens is 2. The van der Waals surface area contributed by atoms with Crippen LogP contribution < -0.4 is 16.8 Å². The highest BCUT2D eigenvalue weighted by Crippen LogP contribution is 2.34. The molecule has 0 aliphatic carbocycles. The third-order valence-corrected chi connectivity index (χ3v) is 6.35. The lowest BCUT2D eigenvalue weighted by atomic mass is 9.96. The van der Waals surface area contributed by atoms with E-state index in [1.807, 2.05) is 48.5 Å². The summed E-state index contributed by atoms with van der Waals surface area (Å²) >= 11 is 0. The van der Waals surface area contributed by atoms with Crippen LogP contribution in [0.2, 0.25) is 0 Å². The summed E-state index contributed by atoms with van der Waals surface area (Å²) in [6.45, 7) is 1.75. The van der Waals surface area contributed by atoms with Crippen LogP contribution in [0.1, 0.15) is 27.2 Å². The van der Waals surface area contributed by atoms with Crippen molar-refractivity contribution in [1.29, 1.82) is 0 Å². The topological polar surface area (TPSA) is 110 Å². The van der Waals surface area contributed by atoms with Crippen LogP contribution >= 0.6 is 0 Å². The molecule has 6 nitrogen and oxygen atoms in total. The summed E-state index contributed by atoms with van der Waals surface area (Å²) in [6.07, 6.45) is 1.75. The predicted molar refractivity (Wildman–Crippen MR) is 141 cm³/mol. The third kappa shape index (κ3) is 4.86. The number of hydrogen-bond acceptors (Lipinski definition) is 3. The number of carbonyl (C=O) groups excluding carboxylic acids is 1. The largest absolute Gasteiger partial charge is 0.354 e. The van der Waals surface area contributed by atoms with Gasteiger partial charge in [-0.05, 0) is 29.8 Å². The molecular weight excluding hydrogens is 446 g/mol. The van der Waals surface area contributed by atoms with Crippen molar-refractivity contribution in [1.82, 2.24) is 15.3 Å². The molecule has 0 radical (unpaired) electrons. The van der Waals surface area contributed by atoms with Crippen molar-refractivity contribution in [3.05, 3.63) is 120 Å². The van der Waals surface area contributed by atoms with Crippen LogP contribution in [0.3, 0.4) is 0 Å². The molecule has 2 heterocycles. The summed E-state index contributed by atoms with van der Waals surface area (Å²) in [6, 6.07) is 30.2. The molecular formula is C30H29N5O+2. The van der Waals surface area contributed by atoms with Gasteiger partial charge in [-0.1, -0.05) is 66.7 Å². The molecule has 0 fully saturated rings. The van der Waals surface area contributed by atoms with Crippen LogP contribution in [-0.4, -0.2) is 15.9 Å². The fraction of sp³-hybridized carbons (Fsp3) is 0.100. The van der Waals surface area contributed by atoms with Crippen molar-refractivity contribution >= 4 is 16.8 Å². The van der Waals surface area contributed by atoms with Crippen LogP contribution in [0.4, 0.5) is 0 Å². The van der Waals surface area contributed by atoms with Crippen LogP contribution in [0.15, 0.2) is 97.2 Å². The zero-order valence-electron chi connectivity index (χ0n) is 20.1. The molecule has 36 heavy (non-hydrogen) atoms. The maximum atomic E-state index is 12.8. The fourth-order valence-corrected chi connectivity index (χ4v) is 4.27. The number of hydrogen-bond donors (Lipinski definition) is 3. The zero-order chi connectivity index (χ0) is 24.9. The Morgan fingerprint density at radius 1 is 0.778 bits per heavy atom. The summed E-state index contributed by atoms with van der Waals surface area (Å²) < 4.78 is 0. The molecule has 0 bridgehead atoms. The van der Waals surface area contributed by atoms with E-state index in [9.17, 15) is 4.79 Å². The number of fused-ring (bicyclic) bond motifs is 1. The molecule has 6 heteroatoms. The van der Waals surface area contributed by atoms with Crippen molar-refractivity contribution in [3.8, 4) is 22.4 Å². The summed E-state index contributed by atoms with van der Waals surface area (Å²) in [5, 5.41) is 3.93. The molecule has 178 valence electrons. The van der Waals surface area contributed by atoms with Gasteiger partial charge in [0.05, 0.1) is 36.5 Å². The number of rotatable bonds is 7. The fourth-order valence-electron chi connectivity index (χ4n) is 4.27. The quantitative estimate of drug-likeness (QED) is 0.336. The molecule has 0 saturated heterocycles. The van der Waals surface area contributed by atoms with Gasteiger partial charge < -0.3 is 16.8 Å². The first-order chi connectivity index (χ1) is 17.7. The Hall–Kier alpha value is -4.39. The normalized spacial score (nSPS) is 10.9. The van der Waals surface area contributed by atoms with Crippen LogP contribution in [0.25, 0.3) is 33.3 Å². The van der Waals surface area contributed by atoms with Crippen LogP contribution in [0, 0.1) is 0 Å². The highest BCUT2D eigenvalue weighted by molar-refractivity contribution is 5.95. The van der Waals surface area contributed by atoms with E-state index in [1.165, 1.54) is 5.56 Å². The molecule has 3 aromatic carbocycles. The number of benzene rings is 3. The highest BCUT2D eigenvalue weighted by atomic mass is 16.1. The first kappa shape index (κ1) is 23.4. The van der Waals surface area contributed by atoms with E-state index in [0.717, 1.165) is 51.1 Å². The number of amides is 1. The molecule has 0 unspecified atom stereocenters.